The minimum atomic E-state index is 0.628. The molecule has 0 spiro atoms. The number of unbranched alkanes of at least 4 members (excludes halogenated alkanes) is 1. The Morgan fingerprint density at radius 2 is 1.94 bits per heavy atom. The first-order chi connectivity index (χ1) is 8.19. The Kier molecular flexibility index (Phi) is 6.29. The molecule has 0 aromatic rings. The standard InChI is InChI=1S/C12H27N5/c1-4-5-6-14-12(15-13)17-9-7-16(8-10-17)11(2)3/h11H,4-10,13H2,1-3H3,(H,14,15). The Morgan fingerprint density at radius 1 is 1.29 bits per heavy atom. The van der Waals surface area contributed by atoms with Gasteiger partial charge in [0.15, 0.2) is 0 Å². The van der Waals surface area contributed by atoms with Crippen molar-refractivity contribution in [3.05, 3.63) is 0 Å². The Bertz CT molecular complexity index is 231. The fourth-order valence-corrected chi connectivity index (χ4v) is 2.03. The summed E-state index contributed by atoms with van der Waals surface area (Å²) in [5.41, 5.74) is 2.73. The lowest BCUT2D eigenvalue weighted by Gasteiger charge is -2.38. The lowest BCUT2D eigenvalue weighted by atomic mass is 10.2. The number of hydrazine groups is 1. The van der Waals surface area contributed by atoms with Crippen molar-refractivity contribution in [2.45, 2.75) is 39.7 Å². The van der Waals surface area contributed by atoms with Gasteiger partial charge in [-0.25, -0.2) is 5.84 Å². The highest BCUT2D eigenvalue weighted by Crippen LogP contribution is 2.05. The summed E-state index contributed by atoms with van der Waals surface area (Å²) < 4.78 is 0. The predicted octanol–water partition coefficient (Wildman–Crippen LogP) is 0.632. The minimum Gasteiger partial charge on any atom is -0.339 e. The van der Waals surface area contributed by atoms with E-state index in [1.807, 2.05) is 0 Å². The van der Waals surface area contributed by atoms with Crippen LogP contribution in [0.4, 0.5) is 0 Å². The zero-order valence-electron chi connectivity index (χ0n) is 11.4. The van der Waals surface area contributed by atoms with Gasteiger partial charge in [0.25, 0.3) is 0 Å². The quantitative estimate of drug-likeness (QED) is 0.249. The molecule has 1 heterocycles. The summed E-state index contributed by atoms with van der Waals surface area (Å²) in [6.07, 6.45) is 2.29. The van der Waals surface area contributed by atoms with E-state index in [0.29, 0.717) is 6.04 Å². The van der Waals surface area contributed by atoms with Gasteiger partial charge in [0.2, 0.25) is 5.96 Å². The van der Waals surface area contributed by atoms with Crippen molar-refractivity contribution < 1.29 is 0 Å². The molecule has 0 atom stereocenters. The van der Waals surface area contributed by atoms with Crippen molar-refractivity contribution in [1.82, 2.24) is 15.2 Å². The van der Waals surface area contributed by atoms with Crippen LogP contribution in [0.3, 0.4) is 0 Å². The van der Waals surface area contributed by atoms with Crippen molar-refractivity contribution in [2.75, 3.05) is 32.7 Å². The van der Waals surface area contributed by atoms with Gasteiger partial charge in [-0.05, 0) is 20.3 Å². The summed E-state index contributed by atoms with van der Waals surface area (Å²) >= 11 is 0. The van der Waals surface area contributed by atoms with Crippen LogP contribution in [0.5, 0.6) is 0 Å². The van der Waals surface area contributed by atoms with Crippen molar-refractivity contribution >= 4 is 5.96 Å². The van der Waals surface area contributed by atoms with Crippen LogP contribution in [-0.2, 0) is 0 Å². The van der Waals surface area contributed by atoms with Crippen molar-refractivity contribution in [2.24, 2.45) is 10.8 Å². The van der Waals surface area contributed by atoms with Crippen LogP contribution in [0.2, 0.25) is 0 Å². The van der Waals surface area contributed by atoms with Crippen LogP contribution in [0, 0.1) is 0 Å². The third-order valence-electron chi connectivity index (χ3n) is 3.25. The number of piperazine rings is 1. The summed E-state index contributed by atoms with van der Waals surface area (Å²) in [5.74, 6) is 6.39. The molecule has 0 unspecified atom stereocenters. The van der Waals surface area contributed by atoms with Gasteiger partial charge in [0.1, 0.15) is 0 Å². The highest BCUT2D eigenvalue weighted by molar-refractivity contribution is 5.79. The van der Waals surface area contributed by atoms with E-state index < -0.39 is 0 Å². The molecule has 17 heavy (non-hydrogen) atoms. The van der Waals surface area contributed by atoms with Gasteiger partial charge in [-0.15, -0.1) is 0 Å². The lowest BCUT2D eigenvalue weighted by molar-refractivity contribution is 0.146. The van der Waals surface area contributed by atoms with E-state index in [1.54, 1.807) is 0 Å². The molecule has 5 nitrogen and oxygen atoms in total. The lowest BCUT2D eigenvalue weighted by Crippen LogP contribution is -2.55. The SMILES string of the molecule is CCCCN=C(NN)N1CCN(C(C)C)CC1. The van der Waals surface area contributed by atoms with E-state index in [4.69, 9.17) is 5.84 Å². The summed E-state index contributed by atoms with van der Waals surface area (Å²) in [5, 5.41) is 0. The molecule has 1 aliphatic heterocycles. The van der Waals surface area contributed by atoms with E-state index in [9.17, 15) is 0 Å². The molecule has 0 saturated carbocycles. The van der Waals surface area contributed by atoms with Gasteiger partial charge in [-0.2, -0.15) is 0 Å². The zero-order valence-corrected chi connectivity index (χ0v) is 11.4. The number of hydrogen-bond acceptors (Lipinski definition) is 3. The maximum atomic E-state index is 5.54. The molecule has 0 aromatic heterocycles. The summed E-state index contributed by atoms with van der Waals surface area (Å²) in [4.78, 5) is 9.24. The van der Waals surface area contributed by atoms with Crippen molar-refractivity contribution in [3.8, 4) is 0 Å². The Morgan fingerprint density at radius 3 is 2.41 bits per heavy atom. The third kappa shape index (κ3) is 4.52. The molecule has 1 rings (SSSR count). The average Bonchev–Trinajstić information content (AvgIpc) is 2.35. The van der Waals surface area contributed by atoms with Crippen LogP contribution >= 0.6 is 0 Å². The molecule has 100 valence electrons. The molecule has 5 heteroatoms. The van der Waals surface area contributed by atoms with Crippen LogP contribution in [-0.4, -0.2) is 54.5 Å². The van der Waals surface area contributed by atoms with Gasteiger partial charge >= 0.3 is 0 Å². The van der Waals surface area contributed by atoms with Gasteiger partial charge in [-0.1, -0.05) is 13.3 Å². The topological polar surface area (TPSA) is 56.9 Å². The van der Waals surface area contributed by atoms with E-state index >= 15 is 0 Å². The first kappa shape index (κ1) is 14.3. The largest absolute Gasteiger partial charge is 0.339 e. The normalized spacial score (nSPS) is 18.9. The molecular weight excluding hydrogens is 214 g/mol. The van der Waals surface area contributed by atoms with Gasteiger partial charge < -0.3 is 4.90 Å². The predicted molar refractivity (Wildman–Crippen MR) is 72.8 cm³/mol. The fraction of sp³-hybridized carbons (Fsp3) is 0.917. The van der Waals surface area contributed by atoms with Crippen LogP contribution < -0.4 is 11.3 Å². The zero-order chi connectivity index (χ0) is 12.7. The molecule has 1 saturated heterocycles. The molecule has 0 amide bonds. The van der Waals surface area contributed by atoms with Crippen molar-refractivity contribution in [1.29, 1.82) is 0 Å². The summed E-state index contributed by atoms with van der Waals surface area (Å²) in [7, 11) is 0. The van der Waals surface area contributed by atoms with Crippen LogP contribution in [0.1, 0.15) is 33.6 Å². The van der Waals surface area contributed by atoms with Gasteiger partial charge in [0, 0.05) is 38.8 Å². The van der Waals surface area contributed by atoms with E-state index in [0.717, 1.165) is 45.1 Å². The summed E-state index contributed by atoms with van der Waals surface area (Å²) in [6, 6.07) is 0.628. The molecular formula is C12H27N5. The van der Waals surface area contributed by atoms with E-state index in [1.165, 1.54) is 6.42 Å². The number of hydrogen-bond donors (Lipinski definition) is 2. The number of nitrogens with zero attached hydrogens (tertiary/aromatic N) is 3. The Hall–Kier alpha value is -0.810. The fourth-order valence-electron chi connectivity index (χ4n) is 2.03. The van der Waals surface area contributed by atoms with E-state index in [2.05, 4.69) is 41.0 Å². The second-order valence-electron chi connectivity index (χ2n) is 4.82. The highest BCUT2D eigenvalue weighted by atomic mass is 15.4. The molecule has 0 bridgehead atoms. The van der Waals surface area contributed by atoms with Crippen LogP contribution in [0.25, 0.3) is 0 Å². The van der Waals surface area contributed by atoms with Crippen molar-refractivity contribution in [3.63, 3.8) is 0 Å². The second kappa shape index (κ2) is 7.50. The minimum absolute atomic E-state index is 0.628. The maximum absolute atomic E-state index is 5.54. The second-order valence-corrected chi connectivity index (χ2v) is 4.82. The molecule has 1 aliphatic rings. The molecule has 3 N–H and O–H groups in total. The molecule has 1 fully saturated rings. The van der Waals surface area contributed by atoms with Crippen LogP contribution in [0.15, 0.2) is 4.99 Å². The van der Waals surface area contributed by atoms with E-state index in [-0.39, 0.29) is 0 Å². The van der Waals surface area contributed by atoms with Gasteiger partial charge in [0.05, 0.1) is 0 Å². The first-order valence-electron chi connectivity index (χ1n) is 6.69. The summed E-state index contributed by atoms with van der Waals surface area (Å²) in [6.45, 7) is 11.7. The maximum Gasteiger partial charge on any atom is 0.208 e. The smallest absolute Gasteiger partial charge is 0.208 e. The highest BCUT2D eigenvalue weighted by Gasteiger charge is 2.20. The monoisotopic (exact) mass is 241 g/mol. The Balaban J connectivity index is 2.42. The number of nitrogens with two attached hydrogens (primary N) is 1. The molecule has 0 aromatic carbocycles. The first-order valence-corrected chi connectivity index (χ1v) is 6.69. The molecule has 0 aliphatic carbocycles. The number of nitrogens with one attached hydrogen (secondary N) is 1. The number of rotatable bonds is 4. The molecule has 0 radical (unpaired) electrons. The van der Waals surface area contributed by atoms with Gasteiger partial charge in [-0.3, -0.25) is 15.3 Å². The average molecular weight is 241 g/mol. The number of aliphatic imine (C=N–C) groups is 1. The number of guanidine groups is 1. The third-order valence-corrected chi connectivity index (χ3v) is 3.25. The Labute approximate surface area is 105 Å².